The van der Waals surface area contributed by atoms with E-state index >= 15 is 0 Å². The number of Topliss-reactive ketones (excluding diaryl/α,β-unsaturated/α-hetero) is 1. The molecule has 0 saturated heterocycles. The Kier molecular flexibility index (Phi) is 5.32. The van der Waals surface area contributed by atoms with Gasteiger partial charge in [-0.05, 0) is 38.1 Å². The van der Waals surface area contributed by atoms with Crippen molar-refractivity contribution in [2.45, 2.75) is 31.2 Å². The van der Waals surface area contributed by atoms with E-state index in [0.29, 0.717) is 24.2 Å². The topological polar surface area (TPSA) is 38.3 Å². The number of nitrogens with one attached hydrogen (secondary N) is 1. The van der Waals surface area contributed by atoms with Gasteiger partial charge >= 0.3 is 0 Å². The van der Waals surface area contributed by atoms with Crippen molar-refractivity contribution in [2.24, 2.45) is 0 Å². The number of hydrogen-bond acceptors (Lipinski definition) is 3. The van der Waals surface area contributed by atoms with E-state index in [0.717, 1.165) is 12.8 Å². The maximum atomic E-state index is 14.0. The molecule has 0 spiro atoms. The van der Waals surface area contributed by atoms with Crippen molar-refractivity contribution in [1.29, 1.82) is 0 Å². The van der Waals surface area contributed by atoms with Gasteiger partial charge in [0.15, 0.2) is 5.78 Å². The molecule has 0 radical (unpaired) electrons. The van der Waals surface area contributed by atoms with Crippen LogP contribution < -0.4 is 10.1 Å². The lowest BCUT2D eigenvalue weighted by molar-refractivity contribution is -0.127. The van der Waals surface area contributed by atoms with Gasteiger partial charge in [0.2, 0.25) is 0 Å². The largest absolute Gasteiger partial charge is 0.497 e. The van der Waals surface area contributed by atoms with Gasteiger partial charge in [0.1, 0.15) is 17.1 Å². The number of rotatable bonds is 3. The molecule has 0 aromatic heterocycles. The first-order chi connectivity index (χ1) is 8.64. The number of carbonyl (C=O) groups is 1. The predicted molar refractivity (Wildman–Crippen MR) is 74.4 cm³/mol. The lowest BCUT2D eigenvalue weighted by Crippen LogP contribution is -2.49. The summed E-state index contributed by atoms with van der Waals surface area (Å²) >= 11 is 0. The van der Waals surface area contributed by atoms with Crippen LogP contribution >= 0.6 is 12.4 Å². The van der Waals surface area contributed by atoms with Crippen LogP contribution in [-0.4, -0.2) is 19.9 Å². The molecule has 106 valence electrons. The fourth-order valence-corrected chi connectivity index (χ4v) is 2.67. The lowest BCUT2D eigenvalue weighted by atomic mass is 9.75. The molecule has 3 nitrogen and oxygen atoms in total. The Balaban J connectivity index is 0.00000180. The quantitative estimate of drug-likeness (QED) is 0.929. The maximum absolute atomic E-state index is 14.0. The highest BCUT2D eigenvalue weighted by Gasteiger charge is 2.42. The predicted octanol–water partition coefficient (Wildman–Crippen LogP) is 2.81. The van der Waals surface area contributed by atoms with Crippen molar-refractivity contribution >= 4 is 18.2 Å². The Labute approximate surface area is 118 Å². The fraction of sp³-hybridized carbons (Fsp3) is 0.500. The first kappa shape index (κ1) is 15.9. The third-order valence-electron chi connectivity index (χ3n) is 3.74. The second kappa shape index (κ2) is 6.35. The zero-order valence-electron chi connectivity index (χ0n) is 11.2. The van der Waals surface area contributed by atoms with Gasteiger partial charge in [-0.1, -0.05) is 6.42 Å². The normalized spacial score (nSPS) is 22.8. The summed E-state index contributed by atoms with van der Waals surface area (Å²) in [5, 5.41) is 3.03. The Morgan fingerprint density at radius 2 is 2.11 bits per heavy atom. The van der Waals surface area contributed by atoms with Crippen molar-refractivity contribution in [3.8, 4) is 5.75 Å². The van der Waals surface area contributed by atoms with E-state index < -0.39 is 5.54 Å². The van der Waals surface area contributed by atoms with Crippen molar-refractivity contribution in [1.82, 2.24) is 5.32 Å². The highest BCUT2D eigenvalue weighted by Crippen LogP contribution is 2.36. The van der Waals surface area contributed by atoms with Gasteiger partial charge < -0.3 is 10.1 Å². The van der Waals surface area contributed by atoms with E-state index in [-0.39, 0.29) is 24.0 Å². The van der Waals surface area contributed by atoms with Gasteiger partial charge in [-0.3, -0.25) is 4.79 Å². The summed E-state index contributed by atoms with van der Waals surface area (Å²) < 4.78 is 19.2. The second-order valence-corrected chi connectivity index (χ2v) is 4.63. The number of hydrogen-bond donors (Lipinski definition) is 1. The first-order valence-corrected chi connectivity index (χ1v) is 6.20. The minimum Gasteiger partial charge on any atom is -0.497 e. The second-order valence-electron chi connectivity index (χ2n) is 4.63. The summed E-state index contributed by atoms with van der Waals surface area (Å²) in [5.41, 5.74) is -0.495. The molecule has 1 saturated carbocycles. The molecule has 1 fully saturated rings. The number of benzene rings is 1. The number of halogens is 2. The van der Waals surface area contributed by atoms with Crippen LogP contribution in [0.25, 0.3) is 0 Å². The van der Waals surface area contributed by atoms with Crippen molar-refractivity contribution in [3.63, 3.8) is 0 Å². The molecule has 2 rings (SSSR count). The number of ketones is 1. The van der Waals surface area contributed by atoms with E-state index in [1.165, 1.54) is 13.2 Å². The molecule has 19 heavy (non-hydrogen) atoms. The van der Waals surface area contributed by atoms with Gasteiger partial charge in [-0.2, -0.15) is 0 Å². The van der Waals surface area contributed by atoms with Gasteiger partial charge in [-0.15, -0.1) is 12.4 Å². The number of carbonyl (C=O) groups excluding carboxylic acids is 1. The Hall–Kier alpha value is -1.13. The molecule has 0 heterocycles. The summed E-state index contributed by atoms with van der Waals surface area (Å²) in [6.07, 6.45) is 2.93. The number of methoxy groups -OCH3 is 1. The summed E-state index contributed by atoms with van der Waals surface area (Å²) in [5.74, 6) is 0.267. The van der Waals surface area contributed by atoms with Crippen molar-refractivity contribution < 1.29 is 13.9 Å². The zero-order valence-corrected chi connectivity index (χ0v) is 12.0. The van der Waals surface area contributed by atoms with E-state index in [9.17, 15) is 9.18 Å². The van der Waals surface area contributed by atoms with Gasteiger partial charge in [-0.25, -0.2) is 4.39 Å². The van der Waals surface area contributed by atoms with Crippen LogP contribution in [0, 0.1) is 5.82 Å². The van der Waals surface area contributed by atoms with Crippen LogP contribution in [0.2, 0.25) is 0 Å². The molecule has 1 aromatic rings. The third-order valence-corrected chi connectivity index (χ3v) is 3.74. The Bertz CT molecular complexity index is 467. The minimum absolute atomic E-state index is 0. The standard InChI is InChI=1S/C14H18FNO2.ClH/c1-16-14(8-4-3-5-13(14)17)11-9-10(18-2)6-7-12(11)15;/h6-7,9,16H,3-5,8H2,1-2H3;1H. The van der Waals surface area contributed by atoms with Crippen LogP contribution in [0.4, 0.5) is 4.39 Å². The van der Waals surface area contributed by atoms with Crippen LogP contribution in [-0.2, 0) is 10.3 Å². The molecule has 1 aromatic carbocycles. The summed E-state index contributed by atoms with van der Waals surface area (Å²) in [4.78, 5) is 12.2. The lowest BCUT2D eigenvalue weighted by Gasteiger charge is -2.36. The summed E-state index contributed by atoms with van der Waals surface area (Å²) in [7, 11) is 3.24. The van der Waals surface area contributed by atoms with E-state index in [1.54, 1.807) is 19.2 Å². The molecule has 0 bridgehead atoms. The van der Waals surface area contributed by atoms with Crippen LogP contribution in [0.15, 0.2) is 18.2 Å². The molecular formula is C14H19ClFNO2. The van der Waals surface area contributed by atoms with E-state index in [4.69, 9.17) is 4.74 Å². The van der Waals surface area contributed by atoms with Crippen LogP contribution in [0.3, 0.4) is 0 Å². The molecule has 1 aliphatic rings. The first-order valence-electron chi connectivity index (χ1n) is 6.20. The highest BCUT2D eigenvalue weighted by atomic mass is 35.5. The molecule has 0 aliphatic heterocycles. The summed E-state index contributed by atoms with van der Waals surface area (Å²) in [6, 6.07) is 4.54. The molecule has 0 amide bonds. The van der Waals surface area contributed by atoms with Crippen molar-refractivity contribution in [2.75, 3.05) is 14.2 Å². The van der Waals surface area contributed by atoms with Crippen LogP contribution in [0.1, 0.15) is 31.2 Å². The Morgan fingerprint density at radius 3 is 2.68 bits per heavy atom. The average Bonchev–Trinajstić information content (AvgIpc) is 2.40. The highest BCUT2D eigenvalue weighted by molar-refractivity contribution is 5.90. The van der Waals surface area contributed by atoms with E-state index in [2.05, 4.69) is 5.32 Å². The summed E-state index contributed by atoms with van der Waals surface area (Å²) in [6.45, 7) is 0. The minimum atomic E-state index is -0.892. The molecule has 1 atom stereocenters. The Morgan fingerprint density at radius 1 is 1.37 bits per heavy atom. The number of ether oxygens (including phenoxy) is 1. The van der Waals surface area contributed by atoms with Gasteiger partial charge in [0, 0.05) is 12.0 Å². The smallest absolute Gasteiger partial charge is 0.157 e. The zero-order chi connectivity index (χ0) is 13.2. The average molecular weight is 288 g/mol. The molecule has 5 heteroatoms. The van der Waals surface area contributed by atoms with E-state index in [1.807, 2.05) is 0 Å². The maximum Gasteiger partial charge on any atom is 0.157 e. The molecular weight excluding hydrogens is 269 g/mol. The SMILES string of the molecule is CNC1(c2cc(OC)ccc2F)CCCCC1=O.Cl. The van der Waals surface area contributed by atoms with Gasteiger partial charge in [0.05, 0.1) is 7.11 Å². The van der Waals surface area contributed by atoms with Crippen LogP contribution in [0.5, 0.6) is 5.75 Å². The molecule has 1 N–H and O–H groups in total. The van der Waals surface area contributed by atoms with Crippen molar-refractivity contribution in [3.05, 3.63) is 29.6 Å². The monoisotopic (exact) mass is 287 g/mol. The van der Waals surface area contributed by atoms with Gasteiger partial charge in [0.25, 0.3) is 0 Å². The molecule has 1 unspecified atom stereocenters. The number of likely N-dealkylation sites (N-methyl/N-ethyl adjacent to an activating group) is 1. The third kappa shape index (κ3) is 2.74. The molecule has 1 aliphatic carbocycles. The fourth-order valence-electron chi connectivity index (χ4n) is 2.67.